The maximum absolute atomic E-state index is 5.47. The van der Waals surface area contributed by atoms with Crippen LogP contribution in [-0.2, 0) is 11.2 Å². The van der Waals surface area contributed by atoms with Crippen molar-refractivity contribution in [2.24, 2.45) is 5.92 Å². The zero-order chi connectivity index (χ0) is 15.1. The summed E-state index contributed by atoms with van der Waals surface area (Å²) in [7, 11) is 5.47. The van der Waals surface area contributed by atoms with Crippen LogP contribution in [0.5, 0.6) is 5.75 Å². The highest BCUT2D eigenvalue weighted by atomic mass is 16.5. The summed E-state index contributed by atoms with van der Waals surface area (Å²) in [5.74, 6) is 1.49. The molecule has 2 atom stereocenters. The topological polar surface area (TPSA) is 43.4 Å². The summed E-state index contributed by atoms with van der Waals surface area (Å²) >= 11 is 0. The van der Waals surface area contributed by atoms with E-state index in [1.807, 2.05) is 20.2 Å². The first-order chi connectivity index (χ1) is 9.53. The number of aromatic nitrogens is 1. The number of likely N-dealkylation sites (N-methyl/N-ethyl adjacent to an activating group) is 1. The van der Waals surface area contributed by atoms with Crippen molar-refractivity contribution in [3.05, 3.63) is 23.0 Å². The fourth-order valence-electron chi connectivity index (χ4n) is 2.65. The van der Waals surface area contributed by atoms with E-state index in [9.17, 15) is 0 Å². The Kier molecular flexibility index (Phi) is 6.96. The van der Waals surface area contributed by atoms with Crippen molar-refractivity contribution in [2.45, 2.75) is 39.7 Å². The Bertz CT molecular complexity index is 421. The van der Waals surface area contributed by atoms with Crippen LogP contribution in [0.1, 0.15) is 30.2 Å². The van der Waals surface area contributed by atoms with E-state index in [1.54, 1.807) is 14.2 Å². The molecule has 1 aromatic rings. The summed E-state index contributed by atoms with van der Waals surface area (Å²) in [5, 5.41) is 3.38. The number of methoxy groups -OCH3 is 2. The van der Waals surface area contributed by atoms with Gasteiger partial charge in [-0.2, -0.15) is 0 Å². The second kappa shape index (κ2) is 8.22. The monoisotopic (exact) mass is 280 g/mol. The lowest BCUT2D eigenvalue weighted by Crippen LogP contribution is -2.31. The highest BCUT2D eigenvalue weighted by Crippen LogP contribution is 2.25. The number of pyridine rings is 1. The van der Waals surface area contributed by atoms with E-state index in [2.05, 4.69) is 24.1 Å². The molecule has 4 heteroatoms. The quantitative estimate of drug-likeness (QED) is 0.794. The van der Waals surface area contributed by atoms with Crippen molar-refractivity contribution < 1.29 is 9.47 Å². The molecule has 2 unspecified atom stereocenters. The molecule has 0 aliphatic carbocycles. The van der Waals surface area contributed by atoms with Crippen LogP contribution < -0.4 is 10.1 Å². The molecule has 0 saturated heterocycles. The van der Waals surface area contributed by atoms with Crippen molar-refractivity contribution in [1.29, 1.82) is 0 Å². The van der Waals surface area contributed by atoms with Gasteiger partial charge in [-0.15, -0.1) is 0 Å². The molecule has 0 radical (unpaired) electrons. The highest BCUT2D eigenvalue weighted by Gasteiger charge is 2.16. The maximum Gasteiger partial charge on any atom is 0.128 e. The number of ether oxygens (including phenoxy) is 2. The van der Waals surface area contributed by atoms with Crippen LogP contribution in [0, 0.1) is 19.8 Å². The van der Waals surface area contributed by atoms with Gasteiger partial charge in [-0.1, -0.05) is 6.92 Å². The van der Waals surface area contributed by atoms with E-state index in [4.69, 9.17) is 9.47 Å². The minimum atomic E-state index is 0.402. The predicted octanol–water partition coefficient (Wildman–Crippen LogP) is 2.51. The first kappa shape index (κ1) is 16.9. The SMILES string of the molecule is CNC(Cc1ncc(C)c(OC)c1C)CC(C)COC. The number of nitrogens with zero attached hydrogens (tertiary/aromatic N) is 1. The number of rotatable bonds is 8. The number of nitrogens with one attached hydrogen (secondary N) is 1. The van der Waals surface area contributed by atoms with Gasteiger partial charge in [0, 0.05) is 49.2 Å². The van der Waals surface area contributed by atoms with Crippen LogP contribution in [0.2, 0.25) is 0 Å². The van der Waals surface area contributed by atoms with E-state index < -0.39 is 0 Å². The molecule has 1 heterocycles. The number of aryl methyl sites for hydroxylation is 1. The summed E-state index contributed by atoms with van der Waals surface area (Å²) < 4.78 is 10.7. The summed E-state index contributed by atoms with van der Waals surface area (Å²) in [5.41, 5.74) is 3.34. The van der Waals surface area contributed by atoms with Crippen LogP contribution in [0.15, 0.2) is 6.20 Å². The standard InChI is InChI=1S/C16H28N2O2/c1-11(10-19-5)7-14(17-4)8-15-13(3)16(20-6)12(2)9-18-15/h9,11,14,17H,7-8,10H2,1-6H3. The van der Waals surface area contributed by atoms with E-state index in [1.165, 1.54) is 0 Å². The maximum atomic E-state index is 5.47. The Morgan fingerprint density at radius 1 is 1.30 bits per heavy atom. The van der Waals surface area contributed by atoms with Crippen molar-refractivity contribution in [3.63, 3.8) is 0 Å². The van der Waals surface area contributed by atoms with Crippen molar-refractivity contribution in [3.8, 4) is 5.75 Å². The zero-order valence-electron chi connectivity index (χ0n) is 13.6. The van der Waals surface area contributed by atoms with Crippen LogP contribution in [-0.4, -0.2) is 38.9 Å². The van der Waals surface area contributed by atoms with Crippen LogP contribution >= 0.6 is 0 Å². The third-order valence-electron chi connectivity index (χ3n) is 3.74. The average molecular weight is 280 g/mol. The Balaban J connectivity index is 2.80. The largest absolute Gasteiger partial charge is 0.496 e. The van der Waals surface area contributed by atoms with Gasteiger partial charge in [-0.3, -0.25) is 4.98 Å². The molecule has 0 fully saturated rings. The second-order valence-electron chi connectivity index (χ2n) is 5.53. The van der Waals surface area contributed by atoms with E-state index >= 15 is 0 Å². The molecule has 1 aromatic heterocycles. The molecule has 4 nitrogen and oxygen atoms in total. The van der Waals surface area contributed by atoms with Gasteiger partial charge in [0.05, 0.1) is 7.11 Å². The predicted molar refractivity (Wildman–Crippen MR) is 82.5 cm³/mol. The number of hydrogen-bond acceptors (Lipinski definition) is 4. The normalized spacial score (nSPS) is 14.1. The van der Waals surface area contributed by atoms with Gasteiger partial charge in [-0.25, -0.2) is 0 Å². The van der Waals surface area contributed by atoms with Crippen molar-refractivity contribution >= 4 is 0 Å². The molecule has 0 aliphatic rings. The Labute approximate surface area is 122 Å². The molecule has 0 bridgehead atoms. The molecule has 20 heavy (non-hydrogen) atoms. The van der Waals surface area contributed by atoms with Gasteiger partial charge in [0.15, 0.2) is 0 Å². The summed E-state index contributed by atoms with van der Waals surface area (Å²) in [6, 6.07) is 0.402. The zero-order valence-corrected chi connectivity index (χ0v) is 13.6. The van der Waals surface area contributed by atoms with Gasteiger partial charge < -0.3 is 14.8 Å². The summed E-state index contributed by atoms with van der Waals surface area (Å²) in [6.45, 7) is 7.12. The van der Waals surface area contributed by atoms with Gasteiger partial charge in [0.25, 0.3) is 0 Å². The van der Waals surface area contributed by atoms with Crippen LogP contribution in [0.3, 0.4) is 0 Å². The smallest absolute Gasteiger partial charge is 0.128 e. The van der Waals surface area contributed by atoms with Crippen LogP contribution in [0.4, 0.5) is 0 Å². The van der Waals surface area contributed by atoms with Gasteiger partial charge in [0.1, 0.15) is 5.75 Å². The Morgan fingerprint density at radius 3 is 2.55 bits per heavy atom. The van der Waals surface area contributed by atoms with E-state index in [-0.39, 0.29) is 0 Å². The molecule has 0 aromatic carbocycles. The lowest BCUT2D eigenvalue weighted by molar-refractivity contribution is 0.150. The molecule has 114 valence electrons. The lowest BCUT2D eigenvalue weighted by atomic mass is 9.96. The van der Waals surface area contributed by atoms with Crippen molar-refractivity contribution in [2.75, 3.05) is 27.9 Å². The van der Waals surface area contributed by atoms with Gasteiger partial charge >= 0.3 is 0 Å². The highest BCUT2D eigenvalue weighted by molar-refractivity contribution is 5.41. The van der Waals surface area contributed by atoms with Crippen LogP contribution in [0.25, 0.3) is 0 Å². The molecule has 1 rings (SSSR count). The molecular weight excluding hydrogens is 252 g/mol. The third-order valence-corrected chi connectivity index (χ3v) is 3.74. The van der Waals surface area contributed by atoms with Gasteiger partial charge in [-0.05, 0) is 33.2 Å². The van der Waals surface area contributed by atoms with E-state index in [0.29, 0.717) is 12.0 Å². The van der Waals surface area contributed by atoms with E-state index in [0.717, 1.165) is 42.0 Å². The first-order valence-electron chi connectivity index (χ1n) is 7.18. The number of hydrogen-bond donors (Lipinski definition) is 1. The first-order valence-corrected chi connectivity index (χ1v) is 7.18. The molecular formula is C16H28N2O2. The Hall–Kier alpha value is -1.13. The molecule has 0 spiro atoms. The molecule has 0 saturated carbocycles. The summed E-state index contributed by atoms with van der Waals surface area (Å²) in [6.07, 6.45) is 3.88. The lowest BCUT2D eigenvalue weighted by Gasteiger charge is -2.21. The second-order valence-corrected chi connectivity index (χ2v) is 5.53. The minimum absolute atomic E-state index is 0.402. The third kappa shape index (κ3) is 4.46. The molecule has 1 N–H and O–H groups in total. The average Bonchev–Trinajstić information content (AvgIpc) is 2.41. The molecule has 0 aliphatic heterocycles. The fourth-order valence-corrected chi connectivity index (χ4v) is 2.65. The summed E-state index contributed by atoms with van der Waals surface area (Å²) in [4.78, 5) is 4.58. The molecule has 0 amide bonds. The van der Waals surface area contributed by atoms with Gasteiger partial charge in [0.2, 0.25) is 0 Å². The minimum Gasteiger partial charge on any atom is -0.496 e. The Morgan fingerprint density at radius 2 is 2.00 bits per heavy atom. The van der Waals surface area contributed by atoms with Crippen molar-refractivity contribution in [1.82, 2.24) is 10.3 Å². The fraction of sp³-hybridized carbons (Fsp3) is 0.688.